The van der Waals surface area contributed by atoms with Gasteiger partial charge in [0.1, 0.15) is 12.2 Å². The van der Waals surface area contributed by atoms with E-state index < -0.39 is 12.2 Å². The SMILES string of the molecule is CCCCC(CCCC)C(=O)O[C@H]1C[C@H](O)C=C2C=C[C@H](C)[C@H](CC[C@@H]3C[C@@H](O)CC(=O)O3)[C@H]21. The number of rotatable bonds is 11. The van der Waals surface area contributed by atoms with E-state index in [-0.39, 0.29) is 54.2 Å². The van der Waals surface area contributed by atoms with Crippen LogP contribution in [0.1, 0.15) is 91.4 Å². The number of aliphatic hydroxyl groups is 2. The Hall–Kier alpha value is -1.66. The molecule has 1 aliphatic heterocycles. The highest BCUT2D eigenvalue weighted by Crippen LogP contribution is 2.44. The van der Waals surface area contributed by atoms with Crippen molar-refractivity contribution < 1.29 is 29.3 Å². The Kier molecular flexibility index (Phi) is 10.2. The van der Waals surface area contributed by atoms with E-state index in [4.69, 9.17) is 9.47 Å². The van der Waals surface area contributed by atoms with Gasteiger partial charge in [-0.2, -0.15) is 0 Å². The third kappa shape index (κ3) is 7.17. The standard InChI is InChI=1S/C28H44O6/c1-4-6-8-19(9-7-5-2)28(32)34-25-16-21(29)14-20-11-10-18(3)24(27(20)25)13-12-23-15-22(30)17-26(31)33-23/h10-11,14,18-19,21-25,27,29-30H,4-9,12-13,15-17H2,1-3H3/t18-,21+,22+,23+,24-,25-,27-/m0/s1. The Morgan fingerprint density at radius 1 is 1.15 bits per heavy atom. The summed E-state index contributed by atoms with van der Waals surface area (Å²) >= 11 is 0. The van der Waals surface area contributed by atoms with E-state index in [1.807, 2.05) is 6.08 Å². The highest BCUT2D eigenvalue weighted by molar-refractivity contribution is 5.72. The average molecular weight is 477 g/mol. The number of hydrogen-bond acceptors (Lipinski definition) is 6. The van der Waals surface area contributed by atoms with Gasteiger partial charge in [-0.15, -0.1) is 0 Å². The summed E-state index contributed by atoms with van der Waals surface area (Å²) in [5.74, 6) is -0.0219. The van der Waals surface area contributed by atoms with Crippen molar-refractivity contribution in [3.8, 4) is 0 Å². The molecule has 2 N–H and O–H groups in total. The van der Waals surface area contributed by atoms with Crippen molar-refractivity contribution in [3.63, 3.8) is 0 Å². The van der Waals surface area contributed by atoms with Gasteiger partial charge in [0.2, 0.25) is 0 Å². The molecule has 7 atom stereocenters. The fourth-order valence-corrected chi connectivity index (χ4v) is 5.93. The van der Waals surface area contributed by atoms with E-state index >= 15 is 0 Å². The van der Waals surface area contributed by atoms with E-state index in [2.05, 4.69) is 32.9 Å². The van der Waals surface area contributed by atoms with Gasteiger partial charge in [0, 0.05) is 18.8 Å². The van der Waals surface area contributed by atoms with Crippen LogP contribution in [0.2, 0.25) is 0 Å². The van der Waals surface area contributed by atoms with Gasteiger partial charge < -0.3 is 19.7 Å². The van der Waals surface area contributed by atoms with Gasteiger partial charge >= 0.3 is 11.9 Å². The Labute approximate surface area is 204 Å². The van der Waals surface area contributed by atoms with Gasteiger partial charge in [-0.25, -0.2) is 0 Å². The first kappa shape index (κ1) is 26.9. The predicted octanol–water partition coefficient (Wildman–Crippen LogP) is 4.87. The van der Waals surface area contributed by atoms with Crippen molar-refractivity contribution in [3.05, 3.63) is 23.8 Å². The molecule has 0 bridgehead atoms. The first-order valence-corrected chi connectivity index (χ1v) is 13.5. The van der Waals surface area contributed by atoms with Crippen LogP contribution >= 0.6 is 0 Å². The number of cyclic esters (lactones) is 1. The van der Waals surface area contributed by atoms with Crippen LogP contribution < -0.4 is 0 Å². The van der Waals surface area contributed by atoms with E-state index in [0.29, 0.717) is 19.3 Å². The van der Waals surface area contributed by atoms with Crippen LogP contribution in [-0.4, -0.2) is 46.6 Å². The number of esters is 2. The minimum Gasteiger partial charge on any atom is -0.462 e. The van der Waals surface area contributed by atoms with Crippen LogP contribution in [0.3, 0.4) is 0 Å². The highest BCUT2D eigenvalue weighted by atomic mass is 16.6. The maximum atomic E-state index is 13.2. The van der Waals surface area contributed by atoms with Crippen molar-refractivity contribution in [2.45, 2.75) is 116 Å². The largest absolute Gasteiger partial charge is 0.462 e. The van der Waals surface area contributed by atoms with Crippen molar-refractivity contribution in [2.24, 2.45) is 23.7 Å². The van der Waals surface area contributed by atoms with Crippen LogP contribution in [0.25, 0.3) is 0 Å². The lowest BCUT2D eigenvalue weighted by Gasteiger charge is -2.43. The fraction of sp³-hybridized carbons (Fsp3) is 0.786. The van der Waals surface area contributed by atoms with E-state index in [1.54, 1.807) is 0 Å². The third-order valence-electron chi connectivity index (χ3n) is 7.84. The molecule has 6 nitrogen and oxygen atoms in total. The Morgan fingerprint density at radius 3 is 2.50 bits per heavy atom. The number of hydrogen-bond donors (Lipinski definition) is 2. The maximum Gasteiger partial charge on any atom is 0.309 e. The Bertz CT molecular complexity index is 735. The number of unbranched alkanes of at least 4 members (excludes halogenated alkanes) is 2. The van der Waals surface area contributed by atoms with Crippen LogP contribution in [0.15, 0.2) is 23.8 Å². The number of fused-ring (bicyclic) bond motifs is 1. The lowest BCUT2D eigenvalue weighted by molar-refractivity contribution is -0.163. The molecule has 0 aromatic rings. The zero-order valence-corrected chi connectivity index (χ0v) is 21.2. The molecule has 0 saturated carbocycles. The zero-order valence-electron chi connectivity index (χ0n) is 21.2. The Morgan fingerprint density at radius 2 is 1.85 bits per heavy atom. The van der Waals surface area contributed by atoms with E-state index in [9.17, 15) is 19.8 Å². The second-order valence-corrected chi connectivity index (χ2v) is 10.6. The smallest absolute Gasteiger partial charge is 0.309 e. The van der Waals surface area contributed by atoms with Crippen molar-refractivity contribution in [1.82, 2.24) is 0 Å². The van der Waals surface area contributed by atoms with Crippen molar-refractivity contribution in [2.75, 3.05) is 0 Å². The second-order valence-electron chi connectivity index (χ2n) is 10.6. The fourth-order valence-electron chi connectivity index (χ4n) is 5.93. The number of carbonyl (C=O) groups excluding carboxylic acids is 2. The van der Waals surface area contributed by atoms with Gasteiger partial charge in [0.25, 0.3) is 0 Å². The topological polar surface area (TPSA) is 93.1 Å². The van der Waals surface area contributed by atoms with Gasteiger partial charge in [-0.05, 0) is 43.1 Å². The molecule has 6 heteroatoms. The minimum atomic E-state index is -0.632. The number of aliphatic hydroxyl groups excluding tert-OH is 2. The summed E-state index contributed by atoms with van der Waals surface area (Å²) in [7, 11) is 0. The minimum absolute atomic E-state index is 0.0227. The average Bonchev–Trinajstić information content (AvgIpc) is 2.78. The van der Waals surface area contributed by atoms with Crippen molar-refractivity contribution >= 4 is 11.9 Å². The summed E-state index contributed by atoms with van der Waals surface area (Å²) in [6.07, 6.45) is 12.5. The highest BCUT2D eigenvalue weighted by Gasteiger charge is 2.43. The molecule has 0 aromatic heterocycles. The van der Waals surface area contributed by atoms with Gasteiger partial charge in [0.05, 0.1) is 24.5 Å². The van der Waals surface area contributed by atoms with Gasteiger partial charge in [-0.1, -0.05) is 64.7 Å². The summed E-state index contributed by atoms with van der Waals surface area (Å²) < 4.78 is 11.7. The molecule has 2 aliphatic carbocycles. The molecule has 1 fully saturated rings. The predicted molar refractivity (Wildman–Crippen MR) is 131 cm³/mol. The van der Waals surface area contributed by atoms with Crippen LogP contribution in [0.4, 0.5) is 0 Å². The molecule has 0 unspecified atom stereocenters. The van der Waals surface area contributed by atoms with Gasteiger partial charge in [-0.3, -0.25) is 9.59 Å². The number of allylic oxidation sites excluding steroid dienone is 2. The summed E-state index contributed by atoms with van der Waals surface area (Å²) in [4.78, 5) is 25.0. The molecule has 34 heavy (non-hydrogen) atoms. The molecule has 0 spiro atoms. The molecule has 0 amide bonds. The van der Waals surface area contributed by atoms with E-state index in [0.717, 1.165) is 50.5 Å². The lowest BCUT2D eigenvalue weighted by Crippen LogP contribution is -2.43. The molecule has 1 saturated heterocycles. The molecule has 3 aliphatic rings. The van der Waals surface area contributed by atoms with E-state index in [1.165, 1.54) is 0 Å². The molecule has 1 heterocycles. The quantitative estimate of drug-likeness (QED) is 0.413. The molecular formula is C28H44O6. The summed E-state index contributed by atoms with van der Waals surface area (Å²) in [5.41, 5.74) is 1.04. The monoisotopic (exact) mass is 476 g/mol. The zero-order chi connectivity index (χ0) is 24.7. The normalized spacial score (nSPS) is 33.3. The molecular weight excluding hydrogens is 432 g/mol. The van der Waals surface area contributed by atoms with Gasteiger partial charge in [0.15, 0.2) is 0 Å². The molecule has 192 valence electrons. The molecule has 0 radical (unpaired) electrons. The lowest BCUT2D eigenvalue weighted by atomic mass is 9.66. The second kappa shape index (κ2) is 12.9. The first-order valence-electron chi connectivity index (χ1n) is 13.5. The number of carbonyl (C=O) groups is 2. The van der Waals surface area contributed by atoms with Crippen LogP contribution in [0, 0.1) is 23.7 Å². The molecule has 0 aromatic carbocycles. The Balaban J connectivity index is 1.72. The summed E-state index contributed by atoms with van der Waals surface area (Å²) in [5, 5.41) is 20.5. The summed E-state index contributed by atoms with van der Waals surface area (Å²) in [6, 6.07) is 0. The summed E-state index contributed by atoms with van der Waals surface area (Å²) in [6.45, 7) is 6.45. The number of ether oxygens (including phenoxy) is 2. The maximum absolute atomic E-state index is 13.2. The third-order valence-corrected chi connectivity index (χ3v) is 7.84. The first-order chi connectivity index (χ1) is 16.3. The van der Waals surface area contributed by atoms with Crippen LogP contribution in [0.5, 0.6) is 0 Å². The molecule has 3 rings (SSSR count). The van der Waals surface area contributed by atoms with Crippen LogP contribution in [-0.2, 0) is 19.1 Å². The van der Waals surface area contributed by atoms with Crippen molar-refractivity contribution in [1.29, 1.82) is 0 Å².